The first-order chi connectivity index (χ1) is 7.00. The van der Waals surface area contributed by atoms with E-state index in [0.717, 1.165) is 5.56 Å². The summed E-state index contributed by atoms with van der Waals surface area (Å²) in [6.45, 7) is 3.66. The molecule has 3 heteroatoms. The van der Waals surface area contributed by atoms with Crippen LogP contribution in [0.4, 0.5) is 4.39 Å². The lowest BCUT2D eigenvalue weighted by Gasteiger charge is -2.06. The maximum atomic E-state index is 12.9. The van der Waals surface area contributed by atoms with Crippen LogP contribution >= 0.6 is 0 Å². The number of rotatable bonds is 4. The molecule has 0 aliphatic rings. The van der Waals surface area contributed by atoms with E-state index in [0.29, 0.717) is 18.4 Å². The molecular weight excluding hydrogens is 193 g/mol. The fourth-order valence-corrected chi connectivity index (χ4v) is 1.39. The average Bonchev–Trinajstić information content (AvgIpc) is 2.18. The van der Waals surface area contributed by atoms with Crippen LogP contribution in [0.1, 0.15) is 35.7 Å². The molecule has 1 atom stereocenters. The molecule has 0 fully saturated rings. The van der Waals surface area contributed by atoms with Gasteiger partial charge in [-0.1, -0.05) is 6.07 Å². The molecule has 2 nitrogen and oxygen atoms in total. The molecule has 0 aliphatic heterocycles. The highest BCUT2D eigenvalue weighted by Crippen LogP contribution is 2.13. The van der Waals surface area contributed by atoms with Crippen LogP contribution in [-0.4, -0.2) is 11.8 Å². The summed E-state index contributed by atoms with van der Waals surface area (Å²) in [7, 11) is 0. The quantitative estimate of drug-likeness (QED) is 0.774. The monoisotopic (exact) mass is 209 g/mol. The summed E-state index contributed by atoms with van der Waals surface area (Å²) in [5.74, 6) is -0.408. The van der Waals surface area contributed by atoms with Crippen LogP contribution in [0.2, 0.25) is 0 Å². The van der Waals surface area contributed by atoms with Gasteiger partial charge in [-0.3, -0.25) is 4.79 Å². The van der Waals surface area contributed by atoms with Crippen LogP contribution in [0.3, 0.4) is 0 Å². The van der Waals surface area contributed by atoms with Gasteiger partial charge in [-0.2, -0.15) is 0 Å². The molecule has 15 heavy (non-hydrogen) atoms. The van der Waals surface area contributed by atoms with E-state index in [4.69, 9.17) is 5.73 Å². The number of carbonyl (C=O) groups excluding carboxylic acids is 1. The minimum absolute atomic E-state index is 0.00261. The van der Waals surface area contributed by atoms with Gasteiger partial charge in [0.25, 0.3) is 0 Å². The van der Waals surface area contributed by atoms with Crippen molar-refractivity contribution in [3.63, 3.8) is 0 Å². The van der Waals surface area contributed by atoms with Gasteiger partial charge >= 0.3 is 0 Å². The van der Waals surface area contributed by atoms with Gasteiger partial charge < -0.3 is 5.73 Å². The van der Waals surface area contributed by atoms with E-state index in [1.165, 1.54) is 12.1 Å². The van der Waals surface area contributed by atoms with Crippen LogP contribution in [0.15, 0.2) is 18.2 Å². The number of halogens is 1. The molecule has 0 radical (unpaired) electrons. The van der Waals surface area contributed by atoms with Crippen molar-refractivity contribution in [2.75, 3.05) is 0 Å². The second-order valence-corrected chi connectivity index (χ2v) is 3.90. The first-order valence-corrected chi connectivity index (χ1v) is 5.05. The summed E-state index contributed by atoms with van der Waals surface area (Å²) in [4.78, 5) is 11.7. The highest BCUT2D eigenvalue weighted by atomic mass is 19.1. The molecule has 0 saturated carbocycles. The van der Waals surface area contributed by atoms with Crippen LogP contribution in [-0.2, 0) is 0 Å². The van der Waals surface area contributed by atoms with E-state index in [1.807, 2.05) is 6.92 Å². The minimum Gasteiger partial charge on any atom is -0.328 e. The van der Waals surface area contributed by atoms with Gasteiger partial charge in [-0.15, -0.1) is 0 Å². The summed E-state index contributed by atoms with van der Waals surface area (Å²) in [5, 5.41) is 0. The molecule has 0 saturated heterocycles. The Morgan fingerprint density at radius 2 is 2.20 bits per heavy atom. The lowest BCUT2D eigenvalue weighted by atomic mass is 10.00. The lowest BCUT2D eigenvalue weighted by Crippen LogP contribution is -2.16. The number of benzene rings is 1. The maximum Gasteiger partial charge on any atom is 0.163 e. The topological polar surface area (TPSA) is 43.1 Å². The van der Waals surface area contributed by atoms with Gasteiger partial charge in [0.2, 0.25) is 0 Å². The molecule has 2 N–H and O–H groups in total. The van der Waals surface area contributed by atoms with Gasteiger partial charge in [-0.25, -0.2) is 4.39 Å². The molecule has 1 aromatic carbocycles. The smallest absolute Gasteiger partial charge is 0.163 e. The molecule has 1 aromatic rings. The Hall–Kier alpha value is -1.22. The van der Waals surface area contributed by atoms with Gasteiger partial charge in [0.1, 0.15) is 5.82 Å². The summed E-state index contributed by atoms with van der Waals surface area (Å²) < 4.78 is 12.9. The van der Waals surface area contributed by atoms with Crippen molar-refractivity contribution in [1.82, 2.24) is 0 Å². The highest BCUT2D eigenvalue weighted by molar-refractivity contribution is 5.97. The third-order valence-corrected chi connectivity index (χ3v) is 2.33. The number of Topliss-reactive ketones (excluding diaryl/α,β-unsaturated/α-hetero) is 1. The first kappa shape index (κ1) is 11.9. The van der Waals surface area contributed by atoms with Crippen molar-refractivity contribution in [1.29, 1.82) is 0 Å². The van der Waals surface area contributed by atoms with Crippen molar-refractivity contribution in [3.8, 4) is 0 Å². The zero-order valence-corrected chi connectivity index (χ0v) is 9.09. The molecule has 1 rings (SSSR count). The standard InChI is InChI=1S/C12H16FNO/c1-8-3-5-10(13)7-11(8)12(15)6-4-9(2)14/h3,5,7,9H,4,6,14H2,1-2H3. The molecule has 1 unspecified atom stereocenters. The lowest BCUT2D eigenvalue weighted by molar-refractivity contribution is 0.0977. The summed E-state index contributed by atoms with van der Waals surface area (Å²) >= 11 is 0. The SMILES string of the molecule is Cc1ccc(F)cc1C(=O)CCC(C)N. The van der Waals surface area contributed by atoms with Crippen molar-refractivity contribution in [3.05, 3.63) is 35.1 Å². The molecule has 0 amide bonds. The number of nitrogens with two attached hydrogens (primary N) is 1. The molecular formula is C12H16FNO. The van der Waals surface area contributed by atoms with Crippen molar-refractivity contribution < 1.29 is 9.18 Å². The van der Waals surface area contributed by atoms with E-state index in [9.17, 15) is 9.18 Å². The Morgan fingerprint density at radius 1 is 1.53 bits per heavy atom. The molecule has 0 aliphatic carbocycles. The number of ketones is 1. The van der Waals surface area contributed by atoms with Crippen LogP contribution in [0.5, 0.6) is 0 Å². The third kappa shape index (κ3) is 3.44. The second kappa shape index (κ2) is 5.03. The number of aryl methyl sites for hydroxylation is 1. The van der Waals surface area contributed by atoms with E-state index in [1.54, 1.807) is 13.0 Å². The Kier molecular flexibility index (Phi) is 3.97. The van der Waals surface area contributed by atoms with Crippen LogP contribution in [0.25, 0.3) is 0 Å². The van der Waals surface area contributed by atoms with Crippen LogP contribution in [0, 0.1) is 12.7 Å². The van der Waals surface area contributed by atoms with Gasteiger partial charge in [0.05, 0.1) is 0 Å². The molecule has 0 heterocycles. The highest BCUT2D eigenvalue weighted by Gasteiger charge is 2.10. The number of hydrogen-bond acceptors (Lipinski definition) is 2. The van der Waals surface area contributed by atoms with Gasteiger partial charge in [0.15, 0.2) is 5.78 Å². The Morgan fingerprint density at radius 3 is 2.80 bits per heavy atom. The van der Waals surface area contributed by atoms with E-state index >= 15 is 0 Å². The van der Waals surface area contributed by atoms with Gasteiger partial charge in [0, 0.05) is 18.0 Å². The number of hydrogen-bond donors (Lipinski definition) is 1. The van der Waals surface area contributed by atoms with E-state index < -0.39 is 0 Å². The zero-order valence-electron chi connectivity index (χ0n) is 9.09. The largest absolute Gasteiger partial charge is 0.328 e. The summed E-state index contributed by atoms with van der Waals surface area (Å²) in [6.07, 6.45) is 1.01. The zero-order chi connectivity index (χ0) is 11.4. The molecule has 0 spiro atoms. The number of carbonyl (C=O) groups is 1. The fourth-order valence-electron chi connectivity index (χ4n) is 1.39. The summed E-state index contributed by atoms with van der Waals surface area (Å²) in [5.41, 5.74) is 6.84. The molecule has 82 valence electrons. The Labute approximate surface area is 89.3 Å². The maximum absolute atomic E-state index is 12.9. The van der Waals surface area contributed by atoms with Crippen LogP contribution < -0.4 is 5.73 Å². The third-order valence-electron chi connectivity index (χ3n) is 2.33. The second-order valence-electron chi connectivity index (χ2n) is 3.90. The Bertz CT molecular complexity index is 361. The fraction of sp³-hybridized carbons (Fsp3) is 0.417. The van der Waals surface area contributed by atoms with E-state index in [-0.39, 0.29) is 17.6 Å². The van der Waals surface area contributed by atoms with Crippen molar-refractivity contribution in [2.24, 2.45) is 5.73 Å². The van der Waals surface area contributed by atoms with Gasteiger partial charge in [-0.05, 0) is 38.0 Å². The average molecular weight is 209 g/mol. The molecule has 0 bridgehead atoms. The van der Waals surface area contributed by atoms with Crippen molar-refractivity contribution >= 4 is 5.78 Å². The van der Waals surface area contributed by atoms with Crippen molar-refractivity contribution in [2.45, 2.75) is 32.7 Å². The normalized spacial score (nSPS) is 12.5. The predicted octanol–water partition coefficient (Wildman–Crippen LogP) is 2.44. The molecule has 0 aromatic heterocycles. The van der Waals surface area contributed by atoms with E-state index in [2.05, 4.69) is 0 Å². The predicted molar refractivity (Wildman–Crippen MR) is 58.4 cm³/mol. The minimum atomic E-state index is -0.371. The Balaban J connectivity index is 2.77. The summed E-state index contributed by atoms with van der Waals surface area (Å²) in [6, 6.07) is 4.27. The first-order valence-electron chi connectivity index (χ1n) is 5.05.